The highest BCUT2D eigenvalue weighted by Crippen LogP contribution is 2.30. The molecule has 10 heavy (non-hydrogen) atoms. The predicted octanol–water partition coefficient (Wildman–Crippen LogP) is 2.94. The minimum absolute atomic E-state index is 0.253. The van der Waals surface area contributed by atoms with Gasteiger partial charge in [0, 0.05) is 5.92 Å². The first-order valence-electron chi connectivity index (χ1n) is 3.85. The van der Waals surface area contributed by atoms with Gasteiger partial charge in [-0.05, 0) is 11.3 Å². The van der Waals surface area contributed by atoms with Gasteiger partial charge in [0.05, 0.1) is 0 Å². The van der Waals surface area contributed by atoms with Gasteiger partial charge in [-0.3, -0.25) is 0 Å². The predicted molar refractivity (Wildman–Crippen MR) is 46.6 cm³/mol. The summed E-state index contributed by atoms with van der Waals surface area (Å²) in [5, 5.41) is 0. The van der Waals surface area contributed by atoms with Crippen LogP contribution >= 0.6 is 0 Å². The van der Waals surface area contributed by atoms with Crippen molar-refractivity contribution in [3.63, 3.8) is 0 Å². The van der Waals surface area contributed by atoms with Crippen LogP contribution in [0.3, 0.4) is 0 Å². The second-order valence-corrected chi connectivity index (χ2v) is 4.25. The molecule has 0 aromatic carbocycles. The Morgan fingerprint density at radius 3 is 1.60 bits per heavy atom. The third-order valence-electron chi connectivity index (χ3n) is 1.78. The average molecular weight is 138 g/mol. The maximum Gasteiger partial charge on any atom is 0.0271 e. The van der Waals surface area contributed by atoms with Gasteiger partial charge in [0.15, 0.2) is 0 Å². The molecule has 0 radical (unpaired) electrons. The van der Waals surface area contributed by atoms with Crippen molar-refractivity contribution in [1.29, 1.82) is 0 Å². The van der Waals surface area contributed by atoms with Crippen molar-refractivity contribution in [2.24, 2.45) is 17.3 Å². The lowest BCUT2D eigenvalue weighted by atomic mass is 9.75. The Bertz CT molecular complexity index is 129. The number of terminal acetylenes is 1. The summed E-state index contributed by atoms with van der Waals surface area (Å²) < 4.78 is 0. The SMILES string of the molecule is C#CC(C(C)C)C(C)(C)C. The molecular weight excluding hydrogens is 120 g/mol. The molecule has 1 atom stereocenters. The largest absolute Gasteiger partial charge is 0.120 e. The number of hydrogen-bond acceptors (Lipinski definition) is 0. The lowest BCUT2D eigenvalue weighted by molar-refractivity contribution is 0.240. The lowest BCUT2D eigenvalue weighted by Gasteiger charge is -2.29. The van der Waals surface area contributed by atoms with Gasteiger partial charge in [-0.1, -0.05) is 34.6 Å². The molecule has 0 aliphatic carbocycles. The van der Waals surface area contributed by atoms with E-state index in [9.17, 15) is 0 Å². The zero-order chi connectivity index (χ0) is 8.36. The third-order valence-corrected chi connectivity index (χ3v) is 1.78. The number of hydrogen-bond donors (Lipinski definition) is 0. The van der Waals surface area contributed by atoms with E-state index in [4.69, 9.17) is 6.42 Å². The summed E-state index contributed by atoms with van der Waals surface area (Å²) in [5.74, 6) is 3.83. The highest BCUT2D eigenvalue weighted by molar-refractivity contribution is 5.00. The second kappa shape index (κ2) is 3.10. The molecule has 0 heteroatoms. The fourth-order valence-corrected chi connectivity index (χ4v) is 1.44. The molecular formula is C10H18. The van der Waals surface area contributed by atoms with E-state index in [2.05, 4.69) is 40.5 Å². The minimum Gasteiger partial charge on any atom is -0.120 e. The third kappa shape index (κ3) is 2.43. The average Bonchev–Trinajstić information content (AvgIpc) is 1.60. The van der Waals surface area contributed by atoms with Crippen molar-refractivity contribution in [2.75, 3.05) is 0 Å². The molecule has 0 N–H and O–H groups in total. The molecule has 0 aromatic heterocycles. The van der Waals surface area contributed by atoms with E-state index in [1.165, 1.54) is 0 Å². The zero-order valence-electron chi connectivity index (χ0n) is 7.73. The number of rotatable bonds is 1. The standard InChI is InChI=1S/C10H18/c1-7-9(8(2)3)10(4,5)6/h1,8-9H,2-6H3. The molecule has 0 nitrogen and oxygen atoms in total. The van der Waals surface area contributed by atoms with Gasteiger partial charge in [-0.2, -0.15) is 0 Å². The van der Waals surface area contributed by atoms with E-state index in [-0.39, 0.29) is 5.41 Å². The van der Waals surface area contributed by atoms with Crippen molar-refractivity contribution >= 4 is 0 Å². The summed E-state index contributed by atoms with van der Waals surface area (Å²) in [6, 6.07) is 0. The molecule has 0 aromatic rings. The Morgan fingerprint density at radius 2 is 1.60 bits per heavy atom. The van der Waals surface area contributed by atoms with E-state index in [0.29, 0.717) is 11.8 Å². The van der Waals surface area contributed by atoms with Crippen molar-refractivity contribution in [2.45, 2.75) is 34.6 Å². The fourth-order valence-electron chi connectivity index (χ4n) is 1.44. The molecule has 1 unspecified atom stereocenters. The van der Waals surface area contributed by atoms with Gasteiger partial charge in [0.1, 0.15) is 0 Å². The van der Waals surface area contributed by atoms with Crippen LogP contribution in [0.2, 0.25) is 0 Å². The Hall–Kier alpha value is -0.440. The molecule has 0 aliphatic heterocycles. The van der Waals surface area contributed by atoms with Crippen LogP contribution in [0.5, 0.6) is 0 Å². The first-order chi connectivity index (χ1) is 4.39. The highest BCUT2D eigenvalue weighted by Gasteiger charge is 2.24. The van der Waals surface area contributed by atoms with Gasteiger partial charge in [-0.25, -0.2) is 0 Å². The van der Waals surface area contributed by atoms with Crippen LogP contribution in [0.1, 0.15) is 34.6 Å². The van der Waals surface area contributed by atoms with E-state index in [1.54, 1.807) is 0 Å². The molecule has 0 aliphatic rings. The molecule has 0 bridgehead atoms. The van der Waals surface area contributed by atoms with Gasteiger partial charge < -0.3 is 0 Å². The fraction of sp³-hybridized carbons (Fsp3) is 0.800. The van der Waals surface area contributed by atoms with E-state index in [1.807, 2.05) is 0 Å². The van der Waals surface area contributed by atoms with Crippen LogP contribution in [0, 0.1) is 29.6 Å². The summed E-state index contributed by atoms with van der Waals surface area (Å²) in [4.78, 5) is 0. The summed E-state index contributed by atoms with van der Waals surface area (Å²) in [7, 11) is 0. The van der Waals surface area contributed by atoms with Crippen LogP contribution in [0.15, 0.2) is 0 Å². The van der Waals surface area contributed by atoms with Gasteiger partial charge in [0.25, 0.3) is 0 Å². The van der Waals surface area contributed by atoms with E-state index >= 15 is 0 Å². The lowest BCUT2D eigenvalue weighted by Crippen LogP contribution is -2.23. The van der Waals surface area contributed by atoms with E-state index < -0.39 is 0 Å². The first-order valence-corrected chi connectivity index (χ1v) is 3.85. The maximum atomic E-state index is 5.41. The molecule has 0 heterocycles. The molecule has 0 spiro atoms. The van der Waals surface area contributed by atoms with Crippen LogP contribution in [-0.4, -0.2) is 0 Å². The van der Waals surface area contributed by atoms with Gasteiger partial charge >= 0.3 is 0 Å². The van der Waals surface area contributed by atoms with Crippen LogP contribution in [0.25, 0.3) is 0 Å². The zero-order valence-corrected chi connectivity index (χ0v) is 7.73. The van der Waals surface area contributed by atoms with Crippen molar-refractivity contribution < 1.29 is 0 Å². The molecule has 0 saturated carbocycles. The highest BCUT2D eigenvalue weighted by atomic mass is 14.3. The Kier molecular flexibility index (Phi) is 2.96. The van der Waals surface area contributed by atoms with Gasteiger partial charge in [-0.15, -0.1) is 12.3 Å². The normalized spacial score (nSPS) is 14.9. The monoisotopic (exact) mass is 138 g/mol. The summed E-state index contributed by atoms with van der Waals surface area (Å²) in [6.07, 6.45) is 5.41. The first kappa shape index (κ1) is 9.56. The summed E-state index contributed by atoms with van der Waals surface area (Å²) in [5.41, 5.74) is 0.253. The molecule has 0 amide bonds. The Balaban J connectivity index is 4.26. The van der Waals surface area contributed by atoms with Gasteiger partial charge in [0.2, 0.25) is 0 Å². The molecule has 0 saturated heterocycles. The minimum atomic E-state index is 0.253. The topological polar surface area (TPSA) is 0 Å². The second-order valence-electron chi connectivity index (χ2n) is 4.25. The van der Waals surface area contributed by atoms with Crippen LogP contribution < -0.4 is 0 Å². The maximum absolute atomic E-state index is 5.41. The molecule has 0 rings (SSSR count). The molecule has 0 fully saturated rings. The molecule has 58 valence electrons. The van der Waals surface area contributed by atoms with E-state index in [0.717, 1.165) is 0 Å². The Labute approximate surface area is 65.0 Å². The quantitative estimate of drug-likeness (QED) is 0.489. The van der Waals surface area contributed by atoms with Crippen LogP contribution in [0.4, 0.5) is 0 Å². The smallest absolute Gasteiger partial charge is 0.0271 e. The van der Waals surface area contributed by atoms with Crippen molar-refractivity contribution in [3.8, 4) is 12.3 Å². The summed E-state index contributed by atoms with van der Waals surface area (Å²) >= 11 is 0. The van der Waals surface area contributed by atoms with Crippen LogP contribution in [-0.2, 0) is 0 Å². The Morgan fingerprint density at radius 1 is 1.20 bits per heavy atom. The summed E-state index contributed by atoms with van der Waals surface area (Å²) in [6.45, 7) is 10.9. The van der Waals surface area contributed by atoms with Crippen molar-refractivity contribution in [1.82, 2.24) is 0 Å². The van der Waals surface area contributed by atoms with Crippen molar-refractivity contribution in [3.05, 3.63) is 0 Å².